The highest BCUT2D eigenvalue weighted by Gasteiger charge is 2.13. The van der Waals surface area contributed by atoms with Gasteiger partial charge in [-0.1, -0.05) is 48.5 Å². The van der Waals surface area contributed by atoms with Crippen LogP contribution in [0.4, 0.5) is 5.69 Å². The monoisotopic (exact) mass is 354 g/mol. The first-order valence-corrected chi connectivity index (χ1v) is 8.19. The van der Waals surface area contributed by atoms with Gasteiger partial charge in [0, 0.05) is 16.7 Å². The molecule has 0 bridgehead atoms. The normalized spacial score (nSPS) is 10.2. The van der Waals surface area contributed by atoms with Gasteiger partial charge in [0.2, 0.25) is 0 Å². The number of hydrogen-bond donors (Lipinski definition) is 2. The van der Waals surface area contributed by atoms with Crippen LogP contribution in [-0.4, -0.2) is 18.4 Å². The van der Waals surface area contributed by atoms with Crippen LogP contribution in [0.2, 0.25) is 0 Å². The van der Waals surface area contributed by atoms with Crippen molar-refractivity contribution >= 4 is 33.4 Å². The third kappa shape index (κ3) is 6.76. The van der Waals surface area contributed by atoms with Crippen LogP contribution in [0.25, 0.3) is 0 Å². The quantitative estimate of drug-likeness (QED) is 0.578. The molecule has 116 valence electrons. The van der Waals surface area contributed by atoms with Crippen molar-refractivity contribution in [1.29, 1.82) is 0 Å². The van der Waals surface area contributed by atoms with Crippen molar-refractivity contribution in [3.05, 3.63) is 28.2 Å². The fraction of sp³-hybridized carbons (Fsp3) is 0.500. The SMILES string of the molecule is CCCCCCCNC(=O)C(=O)Nc1ccc(Br)c(C)c1. The lowest BCUT2D eigenvalue weighted by molar-refractivity contribution is -0.136. The molecule has 0 atom stereocenters. The molecule has 0 spiro atoms. The Balaban J connectivity index is 2.30. The summed E-state index contributed by atoms with van der Waals surface area (Å²) in [7, 11) is 0. The van der Waals surface area contributed by atoms with Crippen molar-refractivity contribution in [2.75, 3.05) is 11.9 Å². The van der Waals surface area contributed by atoms with Gasteiger partial charge >= 0.3 is 11.8 Å². The minimum atomic E-state index is -0.620. The van der Waals surface area contributed by atoms with Crippen molar-refractivity contribution in [3.63, 3.8) is 0 Å². The van der Waals surface area contributed by atoms with E-state index in [2.05, 4.69) is 33.5 Å². The van der Waals surface area contributed by atoms with E-state index >= 15 is 0 Å². The van der Waals surface area contributed by atoms with Gasteiger partial charge in [-0.3, -0.25) is 9.59 Å². The van der Waals surface area contributed by atoms with E-state index in [1.807, 2.05) is 19.1 Å². The molecule has 0 radical (unpaired) electrons. The summed E-state index contributed by atoms with van der Waals surface area (Å²) in [6.07, 6.45) is 5.59. The molecule has 21 heavy (non-hydrogen) atoms. The lowest BCUT2D eigenvalue weighted by Crippen LogP contribution is -2.35. The van der Waals surface area contributed by atoms with Crippen LogP contribution in [-0.2, 0) is 9.59 Å². The van der Waals surface area contributed by atoms with Gasteiger partial charge in [0.15, 0.2) is 0 Å². The Bertz CT molecular complexity index is 489. The molecule has 1 rings (SSSR count). The van der Waals surface area contributed by atoms with Crippen LogP contribution in [0.5, 0.6) is 0 Å². The van der Waals surface area contributed by atoms with Crippen LogP contribution in [0.3, 0.4) is 0 Å². The van der Waals surface area contributed by atoms with Gasteiger partial charge in [-0.15, -0.1) is 0 Å². The second-order valence-corrected chi connectivity index (χ2v) is 5.94. The lowest BCUT2D eigenvalue weighted by Gasteiger charge is -2.08. The molecule has 0 aliphatic heterocycles. The summed E-state index contributed by atoms with van der Waals surface area (Å²) in [6.45, 7) is 4.64. The number of hydrogen-bond acceptors (Lipinski definition) is 2. The summed E-state index contributed by atoms with van der Waals surface area (Å²) in [5.74, 6) is -1.20. The van der Waals surface area contributed by atoms with E-state index in [1.165, 1.54) is 19.3 Å². The molecule has 0 saturated carbocycles. The van der Waals surface area contributed by atoms with Gasteiger partial charge in [0.1, 0.15) is 0 Å². The fourth-order valence-electron chi connectivity index (χ4n) is 1.92. The molecule has 0 aliphatic rings. The van der Waals surface area contributed by atoms with Crippen molar-refractivity contribution < 1.29 is 9.59 Å². The predicted octanol–water partition coefficient (Wildman–Crippen LogP) is 3.78. The van der Waals surface area contributed by atoms with Crippen molar-refractivity contribution in [1.82, 2.24) is 5.32 Å². The number of nitrogens with one attached hydrogen (secondary N) is 2. The second kappa shape index (κ2) is 9.55. The number of unbranched alkanes of at least 4 members (excludes halogenated alkanes) is 4. The molecule has 0 fully saturated rings. The van der Waals surface area contributed by atoms with Gasteiger partial charge in [0.25, 0.3) is 0 Å². The van der Waals surface area contributed by atoms with Crippen LogP contribution < -0.4 is 10.6 Å². The van der Waals surface area contributed by atoms with E-state index in [1.54, 1.807) is 6.07 Å². The molecular formula is C16H23BrN2O2. The molecule has 0 saturated heterocycles. The van der Waals surface area contributed by atoms with E-state index in [9.17, 15) is 9.59 Å². The largest absolute Gasteiger partial charge is 0.348 e. The van der Waals surface area contributed by atoms with Gasteiger partial charge in [0.05, 0.1) is 0 Å². The number of carbonyl (C=O) groups is 2. The molecule has 0 aliphatic carbocycles. The summed E-state index contributed by atoms with van der Waals surface area (Å²) in [5, 5.41) is 5.24. The van der Waals surface area contributed by atoms with Gasteiger partial charge in [-0.05, 0) is 37.1 Å². The standard InChI is InChI=1S/C16H23BrN2O2/c1-3-4-5-6-7-10-18-15(20)16(21)19-13-8-9-14(17)12(2)11-13/h8-9,11H,3-7,10H2,1-2H3,(H,18,20)(H,19,21). The Hall–Kier alpha value is -1.36. The highest BCUT2D eigenvalue weighted by Crippen LogP contribution is 2.19. The van der Waals surface area contributed by atoms with Crippen LogP contribution in [0.15, 0.2) is 22.7 Å². The highest BCUT2D eigenvalue weighted by atomic mass is 79.9. The van der Waals surface area contributed by atoms with E-state index in [4.69, 9.17) is 0 Å². The number of halogens is 1. The van der Waals surface area contributed by atoms with E-state index < -0.39 is 11.8 Å². The Morgan fingerprint density at radius 1 is 1.10 bits per heavy atom. The Morgan fingerprint density at radius 3 is 2.48 bits per heavy atom. The highest BCUT2D eigenvalue weighted by molar-refractivity contribution is 9.10. The first kappa shape index (κ1) is 17.7. The first-order valence-electron chi connectivity index (χ1n) is 7.40. The maximum Gasteiger partial charge on any atom is 0.313 e. The molecule has 1 aromatic rings. The van der Waals surface area contributed by atoms with Crippen molar-refractivity contribution in [2.24, 2.45) is 0 Å². The molecule has 4 nitrogen and oxygen atoms in total. The number of amides is 2. The first-order chi connectivity index (χ1) is 10.0. The van der Waals surface area contributed by atoms with E-state index in [-0.39, 0.29) is 0 Å². The molecule has 0 heterocycles. The summed E-state index contributed by atoms with van der Waals surface area (Å²) < 4.78 is 0.969. The number of carbonyl (C=O) groups excluding carboxylic acids is 2. The summed E-state index contributed by atoms with van der Waals surface area (Å²) in [5.41, 5.74) is 1.63. The maximum absolute atomic E-state index is 11.7. The second-order valence-electron chi connectivity index (χ2n) is 5.09. The fourth-order valence-corrected chi connectivity index (χ4v) is 2.17. The average molecular weight is 355 g/mol. The molecule has 1 aromatic carbocycles. The zero-order chi connectivity index (χ0) is 15.7. The van der Waals surface area contributed by atoms with Crippen LogP contribution >= 0.6 is 15.9 Å². The number of aryl methyl sites for hydroxylation is 1. The Labute approximate surface area is 134 Å². The smallest absolute Gasteiger partial charge is 0.313 e. The zero-order valence-corrected chi connectivity index (χ0v) is 14.3. The van der Waals surface area contributed by atoms with Crippen molar-refractivity contribution in [3.8, 4) is 0 Å². The van der Waals surface area contributed by atoms with Crippen LogP contribution in [0.1, 0.15) is 44.6 Å². The third-order valence-corrected chi connectivity index (χ3v) is 4.08. The summed E-state index contributed by atoms with van der Waals surface area (Å²) in [6, 6.07) is 5.42. The Morgan fingerprint density at radius 2 is 1.81 bits per heavy atom. The molecule has 2 N–H and O–H groups in total. The molecule has 0 unspecified atom stereocenters. The summed E-state index contributed by atoms with van der Waals surface area (Å²) in [4.78, 5) is 23.4. The topological polar surface area (TPSA) is 58.2 Å². The van der Waals surface area contributed by atoms with Crippen molar-refractivity contribution in [2.45, 2.75) is 46.0 Å². The average Bonchev–Trinajstić information content (AvgIpc) is 2.46. The summed E-state index contributed by atoms with van der Waals surface area (Å²) >= 11 is 3.39. The van der Waals surface area contributed by atoms with Gasteiger partial charge in [-0.2, -0.15) is 0 Å². The van der Waals surface area contributed by atoms with Gasteiger partial charge in [-0.25, -0.2) is 0 Å². The predicted molar refractivity (Wildman–Crippen MR) is 89.3 cm³/mol. The number of rotatable bonds is 7. The third-order valence-electron chi connectivity index (χ3n) is 3.19. The minimum absolute atomic E-state index is 0.551. The van der Waals surface area contributed by atoms with Gasteiger partial charge < -0.3 is 10.6 Å². The maximum atomic E-state index is 11.7. The molecule has 2 amide bonds. The molecule has 5 heteroatoms. The number of anilines is 1. The zero-order valence-electron chi connectivity index (χ0n) is 12.7. The van der Waals surface area contributed by atoms with E-state index in [0.29, 0.717) is 12.2 Å². The molecule has 0 aromatic heterocycles. The van der Waals surface area contributed by atoms with Crippen LogP contribution in [0, 0.1) is 6.92 Å². The van der Waals surface area contributed by atoms with E-state index in [0.717, 1.165) is 22.9 Å². The Kier molecular flexibility index (Phi) is 8.05. The lowest BCUT2D eigenvalue weighted by atomic mass is 10.1. The minimum Gasteiger partial charge on any atom is -0.348 e. The molecular weight excluding hydrogens is 332 g/mol. The number of benzene rings is 1.